The number of nitrogens with one attached hydrogen (secondary N) is 2. The molecule has 2 N–H and O–H groups in total. The second-order valence-corrected chi connectivity index (χ2v) is 5.43. The van der Waals surface area contributed by atoms with Gasteiger partial charge in [0.05, 0.1) is 18.2 Å². The molecular formula is C14H25N5O2. The maximum absolute atomic E-state index is 5.63. The molecule has 1 aliphatic rings. The number of hydrogen-bond acceptors (Lipinski definition) is 7. The topological polar surface area (TPSA) is 81.2 Å². The molecule has 2 unspecified atom stereocenters. The molecule has 7 heteroatoms. The van der Waals surface area contributed by atoms with Crippen molar-refractivity contribution >= 4 is 11.9 Å². The van der Waals surface area contributed by atoms with Crippen LogP contribution < -0.4 is 15.4 Å². The molecule has 1 fully saturated rings. The normalized spacial score (nSPS) is 24.9. The van der Waals surface area contributed by atoms with Crippen molar-refractivity contribution in [3.8, 4) is 6.01 Å². The summed E-state index contributed by atoms with van der Waals surface area (Å²) in [7, 11) is 0. The van der Waals surface area contributed by atoms with Crippen LogP contribution in [0, 0.1) is 0 Å². The third kappa shape index (κ3) is 3.93. The molecule has 0 aliphatic carbocycles. The maximum atomic E-state index is 5.63. The van der Waals surface area contributed by atoms with Gasteiger partial charge in [0.25, 0.3) is 0 Å². The van der Waals surface area contributed by atoms with Crippen molar-refractivity contribution in [3.05, 3.63) is 0 Å². The van der Waals surface area contributed by atoms with Crippen LogP contribution in [0.15, 0.2) is 0 Å². The maximum Gasteiger partial charge on any atom is 0.323 e. The second-order valence-electron chi connectivity index (χ2n) is 5.43. The molecule has 2 atom stereocenters. The minimum absolute atomic E-state index is 0.108. The lowest BCUT2D eigenvalue weighted by atomic mass is 9.95. The Bertz CT molecular complexity index is 471. The summed E-state index contributed by atoms with van der Waals surface area (Å²) in [5, 5.41) is 6.54. The van der Waals surface area contributed by atoms with Gasteiger partial charge in [0.15, 0.2) is 0 Å². The van der Waals surface area contributed by atoms with E-state index in [0.29, 0.717) is 24.5 Å². The standard InChI is InChI=1S/C14H25N5O2/c1-5-8-15-11-16-12(18-13(17-11)20-6-2)19-14(4)7-9-21-10(14)3/h10H,5-9H2,1-4H3,(H2,15,16,17,18,19). The fraction of sp³-hybridized carbons (Fsp3) is 0.786. The van der Waals surface area contributed by atoms with Crippen molar-refractivity contribution in [2.75, 3.05) is 30.4 Å². The van der Waals surface area contributed by atoms with Crippen LogP contribution in [-0.4, -0.2) is 46.4 Å². The van der Waals surface area contributed by atoms with E-state index < -0.39 is 0 Å². The first-order chi connectivity index (χ1) is 10.1. The number of anilines is 2. The lowest BCUT2D eigenvalue weighted by molar-refractivity contribution is 0.105. The van der Waals surface area contributed by atoms with E-state index in [9.17, 15) is 0 Å². The molecule has 21 heavy (non-hydrogen) atoms. The monoisotopic (exact) mass is 295 g/mol. The summed E-state index contributed by atoms with van der Waals surface area (Å²) in [6.07, 6.45) is 2.03. The predicted molar refractivity (Wildman–Crippen MR) is 81.8 cm³/mol. The summed E-state index contributed by atoms with van der Waals surface area (Å²) in [5.41, 5.74) is -0.174. The second kappa shape index (κ2) is 6.89. The SMILES string of the molecule is CCCNc1nc(NC2(C)CCOC2C)nc(OCC)n1. The Hall–Kier alpha value is -1.63. The van der Waals surface area contributed by atoms with Crippen molar-refractivity contribution in [2.45, 2.75) is 52.2 Å². The highest BCUT2D eigenvalue weighted by Gasteiger charge is 2.37. The van der Waals surface area contributed by atoms with E-state index in [0.717, 1.165) is 26.0 Å². The van der Waals surface area contributed by atoms with Gasteiger partial charge in [0.2, 0.25) is 11.9 Å². The van der Waals surface area contributed by atoms with Crippen LogP contribution >= 0.6 is 0 Å². The van der Waals surface area contributed by atoms with Gasteiger partial charge in [-0.25, -0.2) is 0 Å². The molecule has 7 nitrogen and oxygen atoms in total. The Labute approximate surface area is 125 Å². The number of aromatic nitrogens is 3. The van der Waals surface area contributed by atoms with Crippen LogP contribution in [0.25, 0.3) is 0 Å². The van der Waals surface area contributed by atoms with E-state index in [1.807, 2.05) is 6.92 Å². The summed E-state index contributed by atoms with van der Waals surface area (Å²) in [6, 6.07) is 0.337. The summed E-state index contributed by atoms with van der Waals surface area (Å²) in [4.78, 5) is 13.0. The van der Waals surface area contributed by atoms with E-state index >= 15 is 0 Å². The van der Waals surface area contributed by atoms with Crippen LogP contribution in [0.1, 0.15) is 40.5 Å². The van der Waals surface area contributed by atoms with Crippen molar-refractivity contribution in [2.24, 2.45) is 0 Å². The molecule has 0 amide bonds. The molecule has 1 aliphatic heterocycles. The quantitative estimate of drug-likeness (QED) is 0.797. The molecule has 0 aromatic carbocycles. The minimum Gasteiger partial charge on any atom is -0.464 e. The zero-order valence-corrected chi connectivity index (χ0v) is 13.3. The number of ether oxygens (including phenoxy) is 2. The molecule has 1 aromatic rings. The molecule has 0 radical (unpaired) electrons. The minimum atomic E-state index is -0.174. The molecule has 0 spiro atoms. The van der Waals surface area contributed by atoms with Gasteiger partial charge < -0.3 is 20.1 Å². The zero-order valence-electron chi connectivity index (χ0n) is 13.3. The van der Waals surface area contributed by atoms with E-state index in [1.54, 1.807) is 0 Å². The fourth-order valence-electron chi connectivity index (χ4n) is 2.18. The van der Waals surface area contributed by atoms with Crippen LogP contribution in [0.4, 0.5) is 11.9 Å². The lowest BCUT2D eigenvalue weighted by Gasteiger charge is -2.28. The van der Waals surface area contributed by atoms with E-state index in [4.69, 9.17) is 9.47 Å². The Morgan fingerprint density at radius 2 is 2.05 bits per heavy atom. The Morgan fingerprint density at radius 3 is 2.67 bits per heavy atom. The molecule has 2 heterocycles. The molecule has 2 rings (SSSR count). The molecular weight excluding hydrogens is 270 g/mol. The summed E-state index contributed by atoms with van der Waals surface area (Å²) >= 11 is 0. The van der Waals surface area contributed by atoms with Crippen LogP contribution in [0.3, 0.4) is 0 Å². The van der Waals surface area contributed by atoms with E-state index in [2.05, 4.69) is 46.4 Å². The highest BCUT2D eigenvalue weighted by Crippen LogP contribution is 2.28. The van der Waals surface area contributed by atoms with E-state index in [1.165, 1.54) is 0 Å². The first kappa shape index (κ1) is 15.8. The number of hydrogen-bond donors (Lipinski definition) is 2. The third-order valence-electron chi connectivity index (χ3n) is 3.71. The molecule has 1 aromatic heterocycles. The fourth-order valence-corrected chi connectivity index (χ4v) is 2.18. The average Bonchev–Trinajstić information content (AvgIpc) is 2.76. The molecule has 0 saturated carbocycles. The Kier molecular flexibility index (Phi) is 5.17. The number of nitrogens with zero attached hydrogens (tertiary/aromatic N) is 3. The van der Waals surface area contributed by atoms with Crippen molar-refractivity contribution in [1.82, 2.24) is 15.0 Å². The van der Waals surface area contributed by atoms with Crippen LogP contribution in [-0.2, 0) is 4.74 Å². The van der Waals surface area contributed by atoms with Gasteiger partial charge in [0, 0.05) is 13.2 Å². The van der Waals surface area contributed by atoms with Gasteiger partial charge in [-0.15, -0.1) is 0 Å². The average molecular weight is 295 g/mol. The van der Waals surface area contributed by atoms with Gasteiger partial charge >= 0.3 is 6.01 Å². The largest absolute Gasteiger partial charge is 0.464 e. The Morgan fingerprint density at radius 1 is 1.29 bits per heavy atom. The van der Waals surface area contributed by atoms with Gasteiger partial charge in [0.1, 0.15) is 0 Å². The number of rotatable bonds is 7. The first-order valence-electron chi connectivity index (χ1n) is 7.60. The lowest BCUT2D eigenvalue weighted by Crippen LogP contribution is -2.41. The summed E-state index contributed by atoms with van der Waals surface area (Å²) in [6.45, 7) is 10.3. The van der Waals surface area contributed by atoms with Crippen molar-refractivity contribution in [3.63, 3.8) is 0 Å². The van der Waals surface area contributed by atoms with Gasteiger partial charge in [-0.2, -0.15) is 15.0 Å². The van der Waals surface area contributed by atoms with Gasteiger partial charge in [-0.1, -0.05) is 6.92 Å². The Balaban J connectivity index is 2.18. The summed E-state index contributed by atoms with van der Waals surface area (Å²) < 4.78 is 11.1. The molecule has 118 valence electrons. The summed E-state index contributed by atoms with van der Waals surface area (Å²) in [5.74, 6) is 1.06. The predicted octanol–water partition coefficient (Wildman–Crippen LogP) is 2.07. The highest BCUT2D eigenvalue weighted by molar-refractivity contribution is 5.38. The van der Waals surface area contributed by atoms with Crippen LogP contribution in [0.5, 0.6) is 6.01 Å². The van der Waals surface area contributed by atoms with Gasteiger partial charge in [-0.3, -0.25) is 0 Å². The molecule has 1 saturated heterocycles. The van der Waals surface area contributed by atoms with Crippen molar-refractivity contribution in [1.29, 1.82) is 0 Å². The third-order valence-corrected chi connectivity index (χ3v) is 3.71. The first-order valence-corrected chi connectivity index (χ1v) is 7.60. The van der Waals surface area contributed by atoms with Crippen molar-refractivity contribution < 1.29 is 9.47 Å². The zero-order chi connectivity index (χ0) is 15.3. The molecule has 0 bridgehead atoms. The van der Waals surface area contributed by atoms with E-state index in [-0.39, 0.29) is 11.6 Å². The highest BCUT2D eigenvalue weighted by atomic mass is 16.5. The van der Waals surface area contributed by atoms with Gasteiger partial charge in [-0.05, 0) is 33.6 Å². The smallest absolute Gasteiger partial charge is 0.323 e. The van der Waals surface area contributed by atoms with Crippen LogP contribution in [0.2, 0.25) is 0 Å².